The molecule has 5 heteroatoms. The molecule has 0 spiro atoms. The number of aliphatic hydroxyl groups excluding tert-OH is 1. The lowest BCUT2D eigenvalue weighted by Gasteiger charge is -2.11. The van der Waals surface area contributed by atoms with Crippen LogP contribution in [0.2, 0.25) is 0 Å². The second-order valence-corrected chi connectivity index (χ2v) is 4.66. The van der Waals surface area contributed by atoms with Crippen molar-refractivity contribution in [2.45, 2.75) is 6.10 Å². The van der Waals surface area contributed by atoms with E-state index in [-0.39, 0.29) is 0 Å². The Morgan fingerprint density at radius 2 is 1.95 bits per heavy atom. The average molecular weight is 278 g/mol. The van der Waals surface area contributed by atoms with Gasteiger partial charge in [0.1, 0.15) is 11.7 Å². The summed E-state index contributed by atoms with van der Waals surface area (Å²) >= 11 is 0. The lowest BCUT2D eigenvalue weighted by molar-refractivity contribution is 0.191. The number of nitrogens with one attached hydrogen (secondary N) is 1. The summed E-state index contributed by atoms with van der Waals surface area (Å²) in [5.74, 6) is 0.485. The Balaban J connectivity index is 1.81. The molecule has 0 aliphatic heterocycles. The molecule has 1 aromatic carbocycles. The molecule has 0 aliphatic carbocycles. The van der Waals surface area contributed by atoms with Gasteiger partial charge in [0.25, 0.3) is 0 Å². The van der Waals surface area contributed by atoms with Crippen LogP contribution in [0.3, 0.4) is 0 Å². The first kappa shape index (κ1) is 13.2. The number of aromatic nitrogens is 2. The fourth-order valence-corrected chi connectivity index (χ4v) is 2.21. The number of hydrogen-bond acceptors (Lipinski definition) is 4. The minimum absolute atomic E-state index is 0.294. The van der Waals surface area contributed by atoms with Gasteiger partial charge in [-0.1, -0.05) is 36.4 Å². The molecule has 2 aromatic heterocycles. The van der Waals surface area contributed by atoms with Crippen molar-refractivity contribution in [3.05, 3.63) is 66.0 Å². The van der Waals surface area contributed by atoms with E-state index in [1.165, 1.54) is 0 Å². The summed E-state index contributed by atoms with van der Waals surface area (Å²) < 4.78 is 1.72. The van der Waals surface area contributed by atoms with E-state index < -0.39 is 6.10 Å². The molecule has 3 aromatic rings. The van der Waals surface area contributed by atoms with E-state index in [4.69, 9.17) is 0 Å². The van der Waals surface area contributed by atoms with Crippen LogP contribution in [0.25, 0.3) is 5.65 Å². The summed E-state index contributed by atoms with van der Waals surface area (Å²) in [6.45, 7) is 0.294. The SMILES string of the molecule is N#Cc1c(NCC(O)c2ccccc2)nc2ccccn12. The van der Waals surface area contributed by atoms with Crippen LogP contribution in [-0.4, -0.2) is 21.0 Å². The van der Waals surface area contributed by atoms with Gasteiger partial charge in [0.05, 0.1) is 6.10 Å². The molecule has 21 heavy (non-hydrogen) atoms. The van der Waals surface area contributed by atoms with Crippen molar-refractivity contribution in [1.29, 1.82) is 5.26 Å². The number of hydrogen-bond donors (Lipinski definition) is 2. The zero-order chi connectivity index (χ0) is 14.7. The smallest absolute Gasteiger partial charge is 0.168 e. The van der Waals surface area contributed by atoms with E-state index in [1.54, 1.807) is 10.6 Å². The number of nitriles is 1. The normalized spacial score (nSPS) is 12.0. The lowest BCUT2D eigenvalue weighted by Crippen LogP contribution is -2.13. The fourth-order valence-electron chi connectivity index (χ4n) is 2.21. The molecular weight excluding hydrogens is 264 g/mol. The molecule has 0 saturated heterocycles. The molecule has 104 valence electrons. The first-order valence-electron chi connectivity index (χ1n) is 6.63. The maximum Gasteiger partial charge on any atom is 0.168 e. The molecule has 2 N–H and O–H groups in total. The number of rotatable bonds is 4. The molecule has 1 unspecified atom stereocenters. The van der Waals surface area contributed by atoms with Crippen molar-refractivity contribution in [2.75, 3.05) is 11.9 Å². The molecule has 2 heterocycles. The zero-order valence-electron chi connectivity index (χ0n) is 11.3. The second-order valence-electron chi connectivity index (χ2n) is 4.66. The number of anilines is 1. The minimum atomic E-state index is -0.650. The maximum atomic E-state index is 10.1. The van der Waals surface area contributed by atoms with Crippen LogP contribution < -0.4 is 5.32 Å². The predicted molar refractivity (Wildman–Crippen MR) is 79.8 cm³/mol. The molecular formula is C16H14N4O. The molecule has 1 atom stereocenters. The van der Waals surface area contributed by atoms with Gasteiger partial charge in [-0.3, -0.25) is 4.40 Å². The van der Waals surface area contributed by atoms with Crippen LogP contribution in [0.15, 0.2) is 54.7 Å². The van der Waals surface area contributed by atoms with Crippen LogP contribution in [-0.2, 0) is 0 Å². The lowest BCUT2D eigenvalue weighted by atomic mass is 10.1. The topological polar surface area (TPSA) is 73.3 Å². The van der Waals surface area contributed by atoms with E-state index in [1.807, 2.05) is 48.5 Å². The third-order valence-corrected chi connectivity index (χ3v) is 3.28. The second kappa shape index (κ2) is 5.65. The molecule has 0 bridgehead atoms. The van der Waals surface area contributed by atoms with E-state index >= 15 is 0 Å². The molecule has 0 saturated carbocycles. The standard InChI is InChI=1S/C16H14N4O/c17-10-13-16(19-15-8-4-5-9-20(13)15)18-11-14(21)12-6-2-1-3-7-12/h1-9,14,18,21H,11H2. The van der Waals surface area contributed by atoms with Crippen molar-refractivity contribution in [3.8, 4) is 6.07 Å². The number of fused-ring (bicyclic) bond motifs is 1. The molecule has 0 amide bonds. The highest BCUT2D eigenvalue weighted by Gasteiger charge is 2.13. The Hall–Kier alpha value is -2.84. The maximum absolute atomic E-state index is 10.1. The number of aliphatic hydroxyl groups is 1. The summed E-state index contributed by atoms with van der Waals surface area (Å²) in [5, 5.41) is 22.5. The average Bonchev–Trinajstić information content (AvgIpc) is 2.91. The number of imidazole rings is 1. The zero-order valence-corrected chi connectivity index (χ0v) is 11.3. The number of pyridine rings is 1. The Morgan fingerprint density at radius 1 is 1.19 bits per heavy atom. The third-order valence-electron chi connectivity index (χ3n) is 3.28. The molecule has 0 radical (unpaired) electrons. The van der Waals surface area contributed by atoms with Crippen LogP contribution in [0, 0.1) is 11.3 Å². The summed E-state index contributed by atoms with van der Waals surface area (Å²) in [6.07, 6.45) is 1.14. The Morgan fingerprint density at radius 3 is 2.71 bits per heavy atom. The largest absolute Gasteiger partial charge is 0.387 e. The third kappa shape index (κ3) is 2.57. The fraction of sp³-hybridized carbons (Fsp3) is 0.125. The Kier molecular flexibility index (Phi) is 3.54. The first-order chi connectivity index (χ1) is 10.3. The Labute approximate surface area is 122 Å². The number of benzene rings is 1. The summed E-state index contributed by atoms with van der Waals surface area (Å²) in [4.78, 5) is 4.37. The van der Waals surface area contributed by atoms with E-state index in [0.717, 1.165) is 5.56 Å². The van der Waals surface area contributed by atoms with Crippen molar-refractivity contribution >= 4 is 11.5 Å². The first-order valence-corrected chi connectivity index (χ1v) is 6.63. The quantitative estimate of drug-likeness (QED) is 0.768. The van der Waals surface area contributed by atoms with Gasteiger partial charge in [0, 0.05) is 12.7 Å². The van der Waals surface area contributed by atoms with Crippen molar-refractivity contribution in [2.24, 2.45) is 0 Å². The van der Waals surface area contributed by atoms with E-state index in [2.05, 4.69) is 16.4 Å². The van der Waals surface area contributed by atoms with Gasteiger partial charge in [-0.05, 0) is 17.7 Å². The molecule has 5 nitrogen and oxygen atoms in total. The van der Waals surface area contributed by atoms with Gasteiger partial charge in [-0.25, -0.2) is 4.98 Å². The van der Waals surface area contributed by atoms with Crippen molar-refractivity contribution < 1.29 is 5.11 Å². The summed E-state index contributed by atoms with van der Waals surface area (Å²) in [7, 11) is 0. The molecule has 0 fully saturated rings. The van der Waals surface area contributed by atoms with Crippen LogP contribution in [0.1, 0.15) is 17.4 Å². The van der Waals surface area contributed by atoms with Gasteiger partial charge in [0.15, 0.2) is 11.5 Å². The van der Waals surface area contributed by atoms with E-state index in [9.17, 15) is 10.4 Å². The van der Waals surface area contributed by atoms with Crippen molar-refractivity contribution in [1.82, 2.24) is 9.38 Å². The van der Waals surface area contributed by atoms with Crippen LogP contribution in [0.4, 0.5) is 5.82 Å². The molecule has 0 aliphatic rings. The number of nitrogens with zero attached hydrogens (tertiary/aromatic N) is 3. The Bertz CT molecular complexity index is 789. The van der Waals surface area contributed by atoms with Gasteiger partial charge >= 0.3 is 0 Å². The van der Waals surface area contributed by atoms with Crippen LogP contribution in [0.5, 0.6) is 0 Å². The van der Waals surface area contributed by atoms with Gasteiger partial charge in [0.2, 0.25) is 0 Å². The van der Waals surface area contributed by atoms with Gasteiger partial charge in [-0.2, -0.15) is 5.26 Å². The minimum Gasteiger partial charge on any atom is -0.387 e. The highest BCUT2D eigenvalue weighted by atomic mass is 16.3. The van der Waals surface area contributed by atoms with Gasteiger partial charge in [-0.15, -0.1) is 0 Å². The van der Waals surface area contributed by atoms with Crippen molar-refractivity contribution in [3.63, 3.8) is 0 Å². The highest BCUT2D eigenvalue weighted by molar-refractivity contribution is 5.58. The van der Waals surface area contributed by atoms with Gasteiger partial charge < -0.3 is 10.4 Å². The summed E-state index contributed by atoms with van der Waals surface area (Å²) in [5.41, 5.74) is 1.96. The van der Waals surface area contributed by atoms with E-state index in [0.29, 0.717) is 23.7 Å². The monoisotopic (exact) mass is 278 g/mol. The predicted octanol–water partition coefficient (Wildman–Crippen LogP) is 2.35. The highest BCUT2D eigenvalue weighted by Crippen LogP contribution is 2.18. The molecule has 3 rings (SSSR count). The summed E-state index contributed by atoms with van der Waals surface area (Å²) in [6, 6.07) is 17.1. The van der Waals surface area contributed by atoms with Crippen LogP contribution >= 0.6 is 0 Å².